The summed E-state index contributed by atoms with van der Waals surface area (Å²) in [5.74, 6) is -0.0936. The van der Waals surface area contributed by atoms with Crippen molar-refractivity contribution in [3.05, 3.63) is 77.9 Å². The van der Waals surface area contributed by atoms with E-state index in [1.807, 2.05) is 24.3 Å². The number of hydrogen-bond donors (Lipinski definition) is 3. The van der Waals surface area contributed by atoms with Crippen LogP contribution >= 0.6 is 0 Å². The molecule has 0 saturated carbocycles. The number of rotatable bonds is 4. The van der Waals surface area contributed by atoms with Gasteiger partial charge in [-0.3, -0.25) is 4.79 Å². The number of hydrogen-bond acceptors (Lipinski definition) is 4. The summed E-state index contributed by atoms with van der Waals surface area (Å²) in [5.41, 5.74) is 3.62. The molecule has 1 heterocycles. The molecule has 7 nitrogen and oxygen atoms in total. The quantitative estimate of drug-likeness (QED) is 0.368. The van der Waals surface area contributed by atoms with Gasteiger partial charge in [0.15, 0.2) is 11.0 Å². The minimum atomic E-state index is -0.463. The van der Waals surface area contributed by atoms with Gasteiger partial charge in [-0.15, -0.1) is 0 Å². The number of carbonyl (C=O) groups excluding carboxylic acids is 2. The number of esters is 1. The van der Waals surface area contributed by atoms with E-state index in [0.29, 0.717) is 28.2 Å². The molecule has 0 radical (unpaired) electrons. The smallest absolute Gasteiger partial charge is 0.337 e. The number of aromatic nitrogens is 2. The molecular weight excluding hydrogens is 370 g/mol. The number of imidazole rings is 1. The number of aromatic amines is 2. The summed E-state index contributed by atoms with van der Waals surface area (Å²) in [6.45, 7) is 0. The number of benzene rings is 3. The number of amides is 1. The largest absolute Gasteiger partial charge is 0.507 e. The van der Waals surface area contributed by atoms with Crippen molar-refractivity contribution in [2.24, 2.45) is 0 Å². The number of H-pyrrole nitrogens is 2. The summed E-state index contributed by atoms with van der Waals surface area (Å²) in [6, 6.07) is 18.7. The predicted octanol–water partition coefficient (Wildman–Crippen LogP) is 3.39. The summed E-state index contributed by atoms with van der Waals surface area (Å²) in [5, 5.41) is 13.1. The van der Waals surface area contributed by atoms with E-state index in [0.717, 1.165) is 11.0 Å². The molecule has 0 aliphatic heterocycles. The highest BCUT2D eigenvalue weighted by Crippen LogP contribution is 2.29. The summed E-state index contributed by atoms with van der Waals surface area (Å²) >= 11 is 0. The van der Waals surface area contributed by atoms with Crippen LogP contribution in [0.15, 0.2) is 66.7 Å². The molecule has 1 aromatic heterocycles. The normalized spacial score (nSPS) is 10.7. The average Bonchev–Trinajstić information content (AvgIpc) is 3.18. The van der Waals surface area contributed by atoms with E-state index in [4.69, 9.17) is 0 Å². The average molecular weight is 388 g/mol. The maximum Gasteiger partial charge on any atom is 0.337 e. The van der Waals surface area contributed by atoms with Gasteiger partial charge in [0.2, 0.25) is 0 Å². The van der Waals surface area contributed by atoms with Crippen LogP contribution in [-0.4, -0.2) is 29.1 Å². The first-order valence-corrected chi connectivity index (χ1v) is 8.88. The SMILES string of the molecule is COC(=O)c1ccc(C(=O)Nc2ccc(O)c(-c3[nH]c4ccccc4[nH+]3)c2)cc1. The molecule has 4 N–H and O–H groups in total. The number of para-hydroxylation sites is 2. The number of nitrogens with one attached hydrogen (secondary N) is 3. The van der Waals surface area contributed by atoms with Gasteiger partial charge in [0.05, 0.1) is 12.7 Å². The van der Waals surface area contributed by atoms with E-state index >= 15 is 0 Å². The Balaban J connectivity index is 1.58. The number of phenolic OH excluding ortho intramolecular Hbond substituents is 1. The van der Waals surface area contributed by atoms with Crippen LogP contribution in [0.4, 0.5) is 5.69 Å². The van der Waals surface area contributed by atoms with E-state index < -0.39 is 5.97 Å². The molecule has 0 spiro atoms. The Morgan fingerprint density at radius 1 is 1.00 bits per heavy atom. The van der Waals surface area contributed by atoms with Gasteiger partial charge < -0.3 is 15.2 Å². The van der Waals surface area contributed by atoms with Gasteiger partial charge in [-0.25, -0.2) is 14.8 Å². The van der Waals surface area contributed by atoms with Crippen molar-refractivity contribution in [1.82, 2.24) is 4.98 Å². The van der Waals surface area contributed by atoms with Crippen molar-refractivity contribution >= 4 is 28.6 Å². The summed E-state index contributed by atoms with van der Waals surface area (Å²) < 4.78 is 4.65. The Hall–Kier alpha value is -4.13. The van der Waals surface area contributed by atoms with E-state index in [2.05, 4.69) is 20.0 Å². The van der Waals surface area contributed by atoms with Crippen LogP contribution in [0.3, 0.4) is 0 Å². The van der Waals surface area contributed by atoms with Crippen molar-refractivity contribution in [1.29, 1.82) is 0 Å². The molecule has 0 atom stereocenters. The Bertz CT molecular complexity index is 1180. The number of carbonyl (C=O) groups is 2. The van der Waals surface area contributed by atoms with Crippen LogP contribution in [-0.2, 0) is 4.74 Å². The molecule has 0 unspecified atom stereocenters. The molecule has 4 aromatic rings. The molecule has 0 saturated heterocycles. The molecule has 4 rings (SSSR count). The molecular formula is C22H18N3O4+. The van der Waals surface area contributed by atoms with Gasteiger partial charge in [0.1, 0.15) is 11.3 Å². The number of ether oxygens (including phenoxy) is 1. The first-order valence-electron chi connectivity index (χ1n) is 8.88. The summed E-state index contributed by atoms with van der Waals surface area (Å²) in [6.07, 6.45) is 0. The lowest BCUT2D eigenvalue weighted by Crippen LogP contribution is -2.12. The number of anilines is 1. The van der Waals surface area contributed by atoms with Gasteiger partial charge in [0.25, 0.3) is 11.7 Å². The van der Waals surface area contributed by atoms with Crippen LogP contribution in [0.2, 0.25) is 0 Å². The first kappa shape index (κ1) is 18.2. The molecule has 144 valence electrons. The van der Waals surface area contributed by atoms with Crippen molar-refractivity contribution in [2.75, 3.05) is 12.4 Å². The molecule has 7 heteroatoms. The number of phenols is 1. The van der Waals surface area contributed by atoms with E-state index in [-0.39, 0.29) is 11.7 Å². The number of methoxy groups -OCH3 is 1. The fraction of sp³-hybridized carbons (Fsp3) is 0.0455. The van der Waals surface area contributed by atoms with Crippen molar-refractivity contribution in [3.8, 4) is 17.1 Å². The predicted molar refractivity (Wildman–Crippen MR) is 108 cm³/mol. The second-order valence-corrected chi connectivity index (χ2v) is 6.43. The zero-order valence-corrected chi connectivity index (χ0v) is 15.5. The van der Waals surface area contributed by atoms with Crippen LogP contribution in [0.25, 0.3) is 22.4 Å². The third-order valence-corrected chi connectivity index (χ3v) is 4.54. The molecule has 29 heavy (non-hydrogen) atoms. The summed E-state index contributed by atoms with van der Waals surface area (Å²) in [7, 11) is 1.30. The fourth-order valence-corrected chi connectivity index (χ4v) is 3.03. The fourth-order valence-electron chi connectivity index (χ4n) is 3.03. The van der Waals surface area contributed by atoms with Gasteiger partial charge in [-0.05, 0) is 54.6 Å². The van der Waals surface area contributed by atoms with E-state index in [1.165, 1.54) is 25.3 Å². The lowest BCUT2D eigenvalue weighted by atomic mass is 10.1. The zero-order chi connectivity index (χ0) is 20.4. The molecule has 1 amide bonds. The van der Waals surface area contributed by atoms with Crippen molar-refractivity contribution in [2.45, 2.75) is 0 Å². The van der Waals surface area contributed by atoms with Crippen LogP contribution in [0, 0.1) is 0 Å². The Morgan fingerprint density at radius 2 is 1.72 bits per heavy atom. The lowest BCUT2D eigenvalue weighted by Gasteiger charge is -2.07. The van der Waals surface area contributed by atoms with Crippen LogP contribution in [0.5, 0.6) is 5.75 Å². The van der Waals surface area contributed by atoms with Gasteiger partial charge >= 0.3 is 5.97 Å². The molecule has 0 aliphatic carbocycles. The Morgan fingerprint density at radius 3 is 2.45 bits per heavy atom. The molecule has 3 aromatic carbocycles. The zero-order valence-electron chi connectivity index (χ0n) is 15.5. The molecule has 0 fully saturated rings. The number of fused-ring (bicyclic) bond motifs is 1. The lowest BCUT2D eigenvalue weighted by molar-refractivity contribution is -0.330. The minimum Gasteiger partial charge on any atom is -0.507 e. The topological polar surface area (TPSA) is 106 Å². The Labute approximate surface area is 166 Å². The van der Waals surface area contributed by atoms with Gasteiger partial charge in [-0.2, -0.15) is 0 Å². The second kappa shape index (κ2) is 7.47. The van der Waals surface area contributed by atoms with Gasteiger partial charge in [0, 0.05) is 11.3 Å². The highest BCUT2D eigenvalue weighted by Gasteiger charge is 2.17. The number of aromatic hydroxyl groups is 1. The molecule has 0 aliphatic rings. The van der Waals surface area contributed by atoms with E-state index in [9.17, 15) is 14.7 Å². The van der Waals surface area contributed by atoms with Crippen LogP contribution in [0.1, 0.15) is 20.7 Å². The monoisotopic (exact) mass is 388 g/mol. The maximum atomic E-state index is 12.5. The van der Waals surface area contributed by atoms with Crippen LogP contribution < -0.4 is 10.3 Å². The second-order valence-electron chi connectivity index (χ2n) is 6.43. The van der Waals surface area contributed by atoms with Crippen molar-refractivity contribution in [3.63, 3.8) is 0 Å². The molecule has 0 bridgehead atoms. The van der Waals surface area contributed by atoms with E-state index in [1.54, 1.807) is 24.3 Å². The summed E-state index contributed by atoms with van der Waals surface area (Å²) in [4.78, 5) is 30.5. The highest BCUT2D eigenvalue weighted by atomic mass is 16.5. The first-order chi connectivity index (χ1) is 14.0. The Kier molecular flexibility index (Phi) is 4.70. The third-order valence-electron chi connectivity index (χ3n) is 4.54. The standard InChI is InChI=1S/C22H17N3O4/c1-29-22(28)14-8-6-13(7-9-14)21(27)23-15-10-11-19(26)16(12-15)20-24-17-4-2-3-5-18(17)25-20/h2-12,26H,1H3,(H,23,27)(H,24,25)/p+1. The maximum absolute atomic E-state index is 12.5. The third kappa shape index (κ3) is 3.66. The highest BCUT2D eigenvalue weighted by molar-refractivity contribution is 6.05. The minimum absolute atomic E-state index is 0.0771. The van der Waals surface area contributed by atoms with Gasteiger partial charge in [-0.1, -0.05) is 12.1 Å². The van der Waals surface area contributed by atoms with Crippen molar-refractivity contribution < 1.29 is 24.4 Å².